The molecule has 0 saturated carbocycles. The first kappa shape index (κ1) is 18.5. The quantitative estimate of drug-likeness (QED) is 0.661. The molecule has 0 bridgehead atoms. The lowest BCUT2D eigenvalue weighted by molar-refractivity contribution is -0.151. The summed E-state index contributed by atoms with van der Waals surface area (Å²) in [5.41, 5.74) is 2.37. The molecule has 0 heterocycles. The number of benzene rings is 1. The zero-order valence-electron chi connectivity index (χ0n) is 14.5. The Labute approximate surface area is 133 Å². The van der Waals surface area contributed by atoms with E-state index in [0.29, 0.717) is 12.2 Å². The van der Waals surface area contributed by atoms with E-state index in [-0.39, 0.29) is 17.3 Å². The van der Waals surface area contributed by atoms with E-state index in [1.807, 2.05) is 12.1 Å². The summed E-state index contributed by atoms with van der Waals surface area (Å²) in [5.74, 6) is -0.0909. The maximum absolute atomic E-state index is 11.4. The Kier molecular flexibility index (Phi) is 5.63. The summed E-state index contributed by atoms with van der Waals surface area (Å²) in [4.78, 5) is 11.4. The average molecular weight is 308 g/mol. The lowest BCUT2D eigenvalue weighted by Gasteiger charge is -2.28. The van der Waals surface area contributed by atoms with Gasteiger partial charge in [-0.3, -0.25) is 4.79 Å². The molecule has 22 heavy (non-hydrogen) atoms. The Morgan fingerprint density at radius 2 is 1.50 bits per heavy atom. The number of esters is 1. The molecule has 0 radical (unpaired) electrons. The third-order valence-corrected chi connectivity index (χ3v) is 3.63. The van der Waals surface area contributed by atoms with Crippen molar-refractivity contribution in [2.24, 2.45) is 0 Å². The Morgan fingerprint density at radius 1 is 1.05 bits per heavy atom. The van der Waals surface area contributed by atoms with Crippen molar-refractivity contribution in [1.29, 1.82) is 0 Å². The number of aliphatic hydroxyl groups excluding tert-OH is 1. The molecule has 0 amide bonds. The van der Waals surface area contributed by atoms with E-state index in [9.17, 15) is 9.90 Å². The van der Waals surface area contributed by atoms with Crippen LogP contribution in [0.15, 0.2) is 12.1 Å². The van der Waals surface area contributed by atoms with Crippen LogP contribution < -0.4 is 0 Å². The molecule has 2 N–H and O–H groups in total. The van der Waals surface area contributed by atoms with Crippen molar-refractivity contribution >= 4 is 5.97 Å². The summed E-state index contributed by atoms with van der Waals surface area (Å²) in [5, 5.41) is 19.2. The summed E-state index contributed by atoms with van der Waals surface area (Å²) in [6.07, 6.45) is 0.726. The van der Waals surface area contributed by atoms with Crippen LogP contribution in [0, 0.1) is 0 Å². The number of aliphatic hydroxyl groups is 1. The average Bonchev–Trinajstić information content (AvgIpc) is 2.35. The maximum Gasteiger partial charge on any atom is 0.308 e. The van der Waals surface area contributed by atoms with Gasteiger partial charge in [0.1, 0.15) is 5.75 Å². The number of carbonyl (C=O) groups excluding carboxylic acids is 1. The summed E-state index contributed by atoms with van der Waals surface area (Å²) in [6, 6.07) is 3.91. The molecule has 4 heteroatoms. The molecule has 0 aliphatic carbocycles. The van der Waals surface area contributed by atoms with E-state index in [1.165, 1.54) is 0 Å². The molecule has 1 aromatic rings. The van der Waals surface area contributed by atoms with Gasteiger partial charge in [0.2, 0.25) is 0 Å². The first-order valence-corrected chi connectivity index (χ1v) is 7.60. The highest BCUT2D eigenvalue weighted by atomic mass is 16.6. The highest BCUT2D eigenvalue weighted by molar-refractivity contribution is 5.69. The van der Waals surface area contributed by atoms with Crippen molar-refractivity contribution in [1.82, 2.24) is 0 Å². The SMILES string of the molecule is CC(C)(C)c1cc(CCC(=O)OCO)cc(C(C)(C)C)c1O. The number of ether oxygens (including phenoxy) is 1. The number of hydrogen-bond donors (Lipinski definition) is 2. The number of hydrogen-bond acceptors (Lipinski definition) is 4. The van der Waals surface area contributed by atoms with Crippen LogP contribution in [0.2, 0.25) is 0 Å². The molecule has 1 aromatic carbocycles. The molecule has 4 nitrogen and oxygen atoms in total. The Hall–Kier alpha value is -1.55. The van der Waals surface area contributed by atoms with Crippen LogP contribution in [-0.4, -0.2) is 23.0 Å². The van der Waals surface area contributed by atoms with Gasteiger partial charge in [-0.15, -0.1) is 0 Å². The Bertz CT molecular complexity index is 498. The molecule has 0 aromatic heterocycles. The van der Waals surface area contributed by atoms with Gasteiger partial charge < -0.3 is 14.9 Å². The minimum Gasteiger partial charge on any atom is -0.507 e. The molecule has 0 aliphatic rings. The van der Waals surface area contributed by atoms with E-state index in [1.54, 1.807) is 0 Å². The van der Waals surface area contributed by atoms with E-state index in [2.05, 4.69) is 46.3 Å². The second kappa shape index (κ2) is 6.69. The summed E-state index contributed by atoms with van der Waals surface area (Å²) in [7, 11) is 0. The number of rotatable bonds is 4. The number of phenolic OH excluding ortho intramolecular Hbond substituents is 1. The van der Waals surface area contributed by atoms with Gasteiger partial charge in [-0.05, 0) is 33.9 Å². The number of aromatic hydroxyl groups is 1. The minimum absolute atomic E-state index is 0.189. The summed E-state index contributed by atoms with van der Waals surface area (Å²) >= 11 is 0. The second-order valence-electron chi connectivity index (χ2n) is 7.68. The van der Waals surface area contributed by atoms with Crippen molar-refractivity contribution < 1.29 is 19.7 Å². The topological polar surface area (TPSA) is 66.8 Å². The van der Waals surface area contributed by atoms with E-state index < -0.39 is 12.8 Å². The first-order valence-electron chi connectivity index (χ1n) is 7.60. The summed E-state index contributed by atoms with van der Waals surface area (Å²) < 4.78 is 4.55. The standard InChI is InChI=1S/C18H28O4/c1-17(2,3)13-9-12(7-8-15(20)22-11-19)10-14(16(13)21)18(4,5)6/h9-10,19,21H,7-8,11H2,1-6H3. The van der Waals surface area contributed by atoms with E-state index in [0.717, 1.165) is 16.7 Å². The van der Waals surface area contributed by atoms with Gasteiger partial charge in [0.25, 0.3) is 0 Å². The van der Waals surface area contributed by atoms with Crippen LogP contribution in [-0.2, 0) is 26.8 Å². The van der Waals surface area contributed by atoms with E-state index in [4.69, 9.17) is 5.11 Å². The molecular formula is C18H28O4. The fourth-order valence-corrected chi connectivity index (χ4v) is 2.37. The zero-order chi connectivity index (χ0) is 17.1. The van der Waals surface area contributed by atoms with Gasteiger partial charge in [0.15, 0.2) is 6.79 Å². The Balaban J connectivity index is 3.21. The van der Waals surface area contributed by atoms with Crippen LogP contribution in [0.3, 0.4) is 0 Å². The number of aryl methyl sites for hydroxylation is 1. The van der Waals surface area contributed by atoms with E-state index >= 15 is 0 Å². The van der Waals surface area contributed by atoms with Crippen molar-refractivity contribution in [2.75, 3.05) is 6.79 Å². The third kappa shape index (κ3) is 4.73. The van der Waals surface area contributed by atoms with Crippen molar-refractivity contribution in [3.05, 3.63) is 28.8 Å². The van der Waals surface area contributed by atoms with Crippen LogP contribution in [0.1, 0.15) is 64.7 Å². The van der Waals surface area contributed by atoms with Crippen LogP contribution in [0.4, 0.5) is 0 Å². The fourth-order valence-electron chi connectivity index (χ4n) is 2.37. The second-order valence-corrected chi connectivity index (χ2v) is 7.68. The molecule has 0 atom stereocenters. The summed E-state index contributed by atoms with van der Waals surface area (Å²) in [6.45, 7) is 11.7. The maximum atomic E-state index is 11.4. The van der Waals surface area contributed by atoms with Gasteiger partial charge in [-0.1, -0.05) is 53.7 Å². The van der Waals surface area contributed by atoms with Crippen molar-refractivity contribution in [2.45, 2.75) is 65.2 Å². The lowest BCUT2D eigenvalue weighted by Crippen LogP contribution is -2.18. The predicted molar refractivity (Wildman–Crippen MR) is 87.0 cm³/mol. The molecule has 0 unspecified atom stereocenters. The van der Waals surface area contributed by atoms with Crippen LogP contribution >= 0.6 is 0 Å². The fraction of sp³-hybridized carbons (Fsp3) is 0.611. The molecular weight excluding hydrogens is 280 g/mol. The highest BCUT2D eigenvalue weighted by Gasteiger charge is 2.26. The largest absolute Gasteiger partial charge is 0.507 e. The highest BCUT2D eigenvalue weighted by Crippen LogP contribution is 2.39. The molecule has 0 fully saturated rings. The van der Waals surface area contributed by atoms with Crippen molar-refractivity contribution in [3.63, 3.8) is 0 Å². The van der Waals surface area contributed by atoms with Crippen molar-refractivity contribution in [3.8, 4) is 5.75 Å². The molecule has 0 saturated heterocycles. The monoisotopic (exact) mass is 308 g/mol. The first-order chi connectivity index (χ1) is 9.96. The van der Waals surface area contributed by atoms with Gasteiger partial charge in [0.05, 0.1) is 0 Å². The number of carbonyl (C=O) groups is 1. The minimum atomic E-state index is -0.588. The van der Waals surface area contributed by atoms with Crippen LogP contribution in [0.25, 0.3) is 0 Å². The van der Waals surface area contributed by atoms with Gasteiger partial charge >= 0.3 is 5.97 Å². The Morgan fingerprint density at radius 3 is 1.86 bits per heavy atom. The zero-order valence-corrected chi connectivity index (χ0v) is 14.5. The normalized spacial score (nSPS) is 12.3. The molecule has 0 spiro atoms. The van der Waals surface area contributed by atoms with Gasteiger partial charge in [-0.25, -0.2) is 0 Å². The molecule has 124 valence electrons. The van der Waals surface area contributed by atoms with Gasteiger partial charge in [0, 0.05) is 6.42 Å². The smallest absolute Gasteiger partial charge is 0.308 e. The predicted octanol–water partition coefficient (Wildman–Crippen LogP) is 3.41. The lowest BCUT2D eigenvalue weighted by atomic mass is 9.78. The molecule has 1 rings (SSSR count). The third-order valence-electron chi connectivity index (χ3n) is 3.63. The van der Waals surface area contributed by atoms with Gasteiger partial charge in [-0.2, -0.15) is 0 Å². The number of phenols is 1. The van der Waals surface area contributed by atoms with Crippen LogP contribution in [0.5, 0.6) is 5.75 Å². The molecule has 0 aliphatic heterocycles.